The Hall–Kier alpha value is -1.99. The van der Waals surface area contributed by atoms with Crippen LogP contribution in [0.4, 0.5) is 32.0 Å². The van der Waals surface area contributed by atoms with E-state index in [4.69, 9.17) is 0 Å². The molecule has 0 amide bonds. The third-order valence-electron chi connectivity index (χ3n) is 3.91. The first-order chi connectivity index (χ1) is 12.5. The Balaban J connectivity index is 2.68. The van der Waals surface area contributed by atoms with Crippen molar-refractivity contribution in [2.24, 2.45) is 0 Å². The Morgan fingerprint density at radius 2 is 1.44 bits per heavy atom. The summed E-state index contributed by atoms with van der Waals surface area (Å²) in [6.07, 6.45) is -3.44. The monoisotopic (exact) mass is 395 g/mol. The van der Waals surface area contributed by atoms with Gasteiger partial charge in [0.25, 0.3) is 5.78 Å². The molecule has 152 valence electrons. The number of carbonyl (C=O) groups excluding carboxylic acids is 1. The van der Waals surface area contributed by atoms with Crippen LogP contribution in [0.1, 0.15) is 51.0 Å². The molecule has 0 fully saturated rings. The van der Waals surface area contributed by atoms with Gasteiger partial charge >= 0.3 is 12.4 Å². The van der Waals surface area contributed by atoms with Crippen molar-refractivity contribution < 1.29 is 31.1 Å². The van der Waals surface area contributed by atoms with Crippen LogP contribution in [0, 0.1) is 0 Å². The maximum absolute atomic E-state index is 12.9. The number of carbonyl (C=O) groups is 1. The van der Waals surface area contributed by atoms with Gasteiger partial charge in [0.15, 0.2) is 0 Å². The van der Waals surface area contributed by atoms with Crippen molar-refractivity contribution in [1.29, 1.82) is 0 Å². The zero-order chi connectivity index (χ0) is 20.5. The van der Waals surface area contributed by atoms with Gasteiger partial charge in [-0.15, -0.1) is 0 Å². The zero-order valence-corrected chi connectivity index (χ0v) is 15.0. The Bertz CT molecular complexity index is 617. The number of anilines is 1. The lowest BCUT2D eigenvalue weighted by Gasteiger charge is -2.15. The number of unbranched alkanes of at least 4 members (excludes halogenated alkanes) is 5. The fourth-order valence-corrected chi connectivity index (χ4v) is 2.42. The first-order valence-electron chi connectivity index (χ1n) is 8.80. The van der Waals surface area contributed by atoms with Gasteiger partial charge in [0, 0.05) is 11.8 Å². The van der Waals surface area contributed by atoms with Gasteiger partial charge < -0.3 is 5.32 Å². The number of alkyl halides is 6. The molecule has 1 rings (SSSR count). The minimum absolute atomic E-state index is 0.0414. The molecule has 0 bridgehead atoms. The van der Waals surface area contributed by atoms with Crippen molar-refractivity contribution in [3.63, 3.8) is 0 Å². The molecule has 0 atom stereocenters. The molecule has 8 heteroatoms. The number of hydrogen-bond donors (Lipinski definition) is 1. The molecule has 2 nitrogen and oxygen atoms in total. The number of aryl methyl sites for hydroxylation is 1. The highest BCUT2D eigenvalue weighted by molar-refractivity contribution is 5.95. The van der Waals surface area contributed by atoms with E-state index in [1.165, 1.54) is 25.0 Å². The molecular weight excluding hydrogens is 372 g/mol. The first kappa shape index (κ1) is 23.0. The summed E-state index contributed by atoms with van der Waals surface area (Å²) in [5, 5.41) is 1.85. The van der Waals surface area contributed by atoms with Gasteiger partial charge in [-0.25, -0.2) is 0 Å². The molecular formula is C19H23F6NO. The molecule has 0 aromatic heterocycles. The summed E-state index contributed by atoms with van der Waals surface area (Å²) in [4.78, 5) is 10.8. The normalized spacial score (nSPS) is 12.9. The van der Waals surface area contributed by atoms with Gasteiger partial charge in [-0.3, -0.25) is 4.79 Å². The molecule has 1 N–H and O–H groups in total. The maximum atomic E-state index is 12.9. The summed E-state index contributed by atoms with van der Waals surface area (Å²) in [5.74, 6) is -2.57. The molecule has 1 aromatic carbocycles. The van der Waals surface area contributed by atoms with E-state index in [9.17, 15) is 31.1 Å². The molecule has 0 aliphatic heterocycles. The molecule has 0 saturated carbocycles. The minimum atomic E-state index is -5.36. The van der Waals surface area contributed by atoms with Crippen molar-refractivity contribution in [2.75, 3.05) is 5.32 Å². The van der Waals surface area contributed by atoms with Gasteiger partial charge in [-0.05, 0) is 30.5 Å². The summed E-state index contributed by atoms with van der Waals surface area (Å²) in [6, 6.07) is 5.94. The van der Waals surface area contributed by atoms with Crippen LogP contribution in [-0.2, 0) is 11.2 Å². The molecule has 0 aliphatic carbocycles. The van der Waals surface area contributed by atoms with E-state index in [2.05, 4.69) is 6.92 Å². The molecule has 0 heterocycles. The fraction of sp³-hybridized carbons (Fsp3) is 0.526. The Kier molecular flexibility index (Phi) is 8.85. The van der Waals surface area contributed by atoms with E-state index in [0.29, 0.717) is 0 Å². The van der Waals surface area contributed by atoms with Gasteiger partial charge in [0.1, 0.15) is 5.70 Å². The van der Waals surface area contributed by atoms with Gasteiger partial charge in [0.2, 0.25) is 0 Å². The van der Waals surface area contributed by atoms with E-state index in [1.807, 2.05) is 5.32 Å². The summed E-state index contributed by atoms with van der Waals surface area (Å²) >= 11 is 0. The summed E-state index contributed by atoms with van der Waals surface area (Å²) < 4.78 is 75.3. The number of hydrogen-bond acceptors (Lipinski definition) is 2. The van der Waals surface area contributed by atoms with Crippen LogP contribution in [0.3, 0.4) is 0 Å². The number of halogens is 6. The fourth-order valence-electron chi connectivity index (χ4n) is 2.42. The van der Waals surface area contributed by atoms with Crippen molar-refractivity contribution in [2.45, 2.75) is 64.2 Å². The first-order valence-corrected chi connectivity index (χ1v) is 8.80. The Labute approximate surface area is 154 Å². The van der Waals surface area contributed by atoms with Crippen LogP contribution < -0.4 is 5.32 Å². The SMILES string of the molecule is CCCCCCCCc1ccc(N/C(=C/C(=O)C(F)(F)F)C(F)(F)F)cc1. The van der Waals surface area contributed by atoms with Gasteiger partial charge in [-0.2, -0.15) is 26.3 Å². The van der Waals surface area contributed by atoms with Crippen molar-refractivity contribution in [3.8, 4) is 0 Å². The average Bonchev–Trinajstić information content (AvgIpc) is 2.57. The predicted octanol–water partition coefficient (Wildman–Crippen LogP) is 6.58. The topological polar surface area (TPSA) is 29.1 Å². The molecule has 0 radical (unpaired) electrons. The second-order valence-electron chi connectivity index (χ2n) is 6.26. The molecule has 0 spiro atoms. The minimum Gasteiger partial charge on any atom is -0.351 e. The highest BCUT2D eigenvalue weighted by atomic mass is 19.4. The molecule has 0 saturated heterocycles. The number of rotatable bonds is 10. The molecule has 27 heavy (non-hydrogen) atoms. The summed E-state index contributed by atoms with van der Waals surface area (Å²) in [7, 11) is 0. The second kappa shape index (κ2) is 10.4. The number of ketones is 1. The summed E-state index contributed by atoms with van der Waals surface area (Å²) in [5.41, 5.74) is -0.867. The van der Waals surface area contributed by atoms with Crippen LogP contribution >= 0.6 is 0 Å². The Morgan fingerprint density at radius 1 is 0.889 bits per heavy atom. The number of allylic oxidation sites excluding steroid dienone is 2. The lowest BCUT2D eigenvalue weighted by atomic mass is 10.0. The lowest BCUT2D eigenvalue weighted by molar-refractivity contribution is -0.165. The number of benzene rings is 1. The van der Waals surface area contributed by atoms with E-state index in [1.54, 1.807) is 12.1 Å². The quantitative estimate of drug-likeness (QED) is 0.275. The van der Waals surface area contributed by atoms with Crippen molar-refractivity contribution >= 4 is 11.5 Å². The smallest absolute Gasteiger partial charge is 0.351 e. The van der Waals surface area contributed by atoms with Crippen LogP contribution in [0.2, 0.25) is 0 Å². The average molecular weight is 395 g/mol. The highest BCUT2D eigenvalue weighted by Crippen LogP contribution is 2.29. The largest absolute Gasteiger partial charge is 0.454 e. The van der Waals surface area contributed by atoms with Crippen molar-refractivity contribution in [1.82, 2.24) is 0 Å². The van der Waals surface area contributed by atoms with Crippen LogP contribution in [0.25, 0.3) is 0 Å². The Morgan fingerprint density at radius 3 is 1.96 bits per heavy atom. The van der Waals surface area contributed by atoms with E-state index < -0.39 is 29.9 Å². The van der Waals surface area contributed by atoms with Crippen molar-refractivity contribution in [3.05, 3.63) is 41.6 Å². The van der Waals surface area contributed by atoms with Crippen LogP contribution in [0.5, 0.6) is 0 Å². The van der Waals surface area contributed by atoms with E-state index in [0.717, 1.165) is 37.7 Å². The third kappa shape index (κ3) is 8.97. The van der Waals surface area contributed by atoms with Crippen LogP contribution in [0.15, 0.2) is 36.0 Å². The lowest BCUT2D eigenvalue weighted by Crippen LogP contribution is -2.26. The highest BCUT2D eigenvalue weighted by Gasteiger charge is 2.41. The second-order valence-corrected chi connectivity index (χ2v) is 6.26. The van der Waals surface area contributed by atoms with E-state index >= 15 is 0 Å². The molecule has 0 aliphatic rings. The summed E-state index contributed by atoms with van der Waals surface area (Å²) in [6.45, 7) is 2.13. The van der Waals surface area contributed by atoms with Gasteiger partial charge in [-0.1, -0.05) is 51.2 Å². The predicted molar refractivity (Wildman–Crippen MR) is 92.3 cm³/mol. The molecule has 1 aromatic rings. The van der Waals surface area contributed by atoms with Crippen LogP contribution in [-0.4, -0.2) is 18.1 Å². The maximum Gasteiger partial charge on any atom is 0.454 e. The number of nitrogens with one attached hydrogen (secondary N) is 1. The third-order valence-corrected chi connectivity index (χ3v) is 3.91. The van der Waals surface area contributed by atoms with E-state index in [-0.39, 0.29) is 5.69 Å². The molecule has 0 unspecified atom stereocenters. The van der Waals surface area contributed by atoms with Gasteiger partial charge in [0.05, 0.1) is 0 Å². The standard InChI is InChI=1S/C19H23F6NO/c1-2-3-4-5-6-7-8-14-9-11-15(12-10-14)26-16(18(20,21)22)13-17(27)19(23,24)25/h9-13,26H,2-8H2,1H3/b16-13+. The zero-order valence-electron chi connectivity index (χ0n) is 15.0.